The van der Waals surface area contributed by atoms with Gasteiger partial charge in [0.15, 0.2) is 0 Å². The molecular weight excluding hydrogens is 369 g/mol. The number of carbonyl (C=O) groups excluding carboxylic acids is 1. The van der Waals surface area contributed by atoms with Crippen LogP contribution in [0.15, 0.2) is 53.6 Å². The largest absolute Gasteiger partial charge is 0.271 e. The van der Waals surface area contributed by atoms with Gasteiger partial charge < -0.3 is 0 Å². The molecule has 2 rings (SSSR count). The van der Waals surface area contributed by atoms with Crippen LogP contribution >= 0.6 is 11.6 Å². The zero-order chi connectivity index (χ0) is 18.4. The Labute approximate surface area is 150 Å². The first kappa shape index (κ1) is 18.9. The number of nitrogens with one attached hydrogen (secondary N) is 1. The monoisotopic (exact) mass is 383 g/mol. The van der Waals surface area contributed by atoms with Gasteiger partial charge in [-0.2, -0.15) is 5.10 Å². The van der Waals surface area contributed by atoms with Crippen LogP contribution in [0.3, 0.4) is 0 Å². The number of hydrogen-bond donors (Lipinski definition) is 1. The Morgan fingerprint density at radius 2 is 1.88 bits per heavy atom. The van der Waals surface area contributed by atoms with Crippen LogP contribution in [0, 0.1) is 5.82 Å². The number of hydrogen-bond acceptors (Lipinski definition) is 4. The summed E-state index contributed by atoms with van der Waals surface area (Å²) in [5.41, 5.74) is 2.69. The fourth-order valence-electron chi connectivity index (χ4n) is 1.93. The van der Waals surface area contributed by atoms with Crippen LogP contribution in [0.25, 0.3) is 0 Å². The molecule has 25 heavy (non-hydrogen) atoms. The fraction of sp³-hybridized carbons (Fsp3) is 0.125. The van der Waals surface area contributed by atoms with Gasteiger partial charge in [0, 0.05) is 5.02 Å². The molecule has 0 aliphatic heterocycles. The molecule has 0 spiro atoms. The standard InChI is InChI=1S/C16H15ClFN3O3S/c1-25(23,24)21(15-5-3-2-4-14(15)18)11-16(22)20-19-10-12-6-8-13(17)9-7-12/h2-10H,11H2,1H3,(H,20,22)/b19-10-. The highest BCUT2D eigenvalue weighted by Gasteiger charge is 2.23. The molecule has 9 heteroatoms. The van der Waals surface area contributed by atoms with Crippen molar-refractivity contribution in [2.24, 2.45) is 5.10 Å². The summed E-state index contributed by atoms with van der Waals surface area (Å²) >= 11 is 5.76. The average Bonchev–Trinajstić information content (AvgIpc) is 2.54. The molecule has 1 N–H and O–H groups in total. The van der Waals surface area contributed by atoms with E-state index in [1.807, 2.05) is 0 Å². The molecule has 0 unspecified atom stereocenters. The molecule has 0 saturated heterocycles. The summed E-state index contributed by atoms with van der Waals surface area (Å²) in [4.78, 5) is 12.0. The Balaban J connectivity index is 2.08. The molecule has 0 atom stereocenters. The van der Waals surface area contributed by atoms with Gasteiger partial charge in [0.1, 0.15) is 12.4 Å². The molecule has 0 fully saturated rings. The minimum absolute atomic E-state index is 0.207. The molecular formula is C16H15ClFN3O3S. The molecule has 0 aromatic heterocycles. The Hall–Kier alpha value is -2.45. The van der Waals surface area contributed by atoms with E-state index in [9.17, 15) is 17.6 Å². The van der Waals surface area contributed by atoms with Gasteiger partial charge in [-0.05, 0) is 29.8 Å². The Kier molecular flexibility index (Phi) is 6.11. The number of benzene rings is 2. The van der Waals surface area contributed by atoms with Crippen molar-refractivity contribution >= 4 is 39.4 Å². The molecule has 2 aromatic rings. The van der Waals surface area contributed by atoms with Crippen LogP contribution in [-0.2, 0) is 14.8 Å². The van der Waals surface area contributed by atoms with E-state index >= 15 is 0 Å². The van der Waals surface area contributed by atoms with Gasteiger partial charge in [0.2, 0.25) is 10.0 Å². The lowest BCUT2D eigenvalue weighted by atomic mass is 10.2. The Morgan fingerprint density at radius 1 is 1.24 bits per heavy atom. The van der Waals surface area contributed by atoms with Crippen LogP contribution in [0.2, 0.25) is 5.02 Å². The summed E-state index contributed by atoms with van der Waals surface area (Å²) in [6, 6.07) is 12.0. The van der Waals surface area contributed by atoms with Gasteiger partial charge in [0.05, 0.1) is 18.2 Å². The van der Waals surface area contributed by atoms with E-state index < -0.39 is 28.3 Å². The molecule has 132 valence electrons. The highest BCUT2D eigenvalue weighted by Crippen LogP contribution is 2.20. The van der Waals surface area contributed by atoms with E-state index in [4.69, 9.17) is 11.6 Å². The summed E-state index contributed by atoms with van der Waals surface area (Å²) < 4.78 is 38.3. The number of halogens is 2. The second kappa shape index (κ2) is 8.09. The highest BCUT2D eigenvalue weighted by atomic mass is 35.5. The van der Waals surface area contributed by atoms with Gasteiger partial charge in [0.25, 0.3) is 5.91 Å². The van der Waals surface area contributed by atoms with Crippen LogP contribution in [0.4, 0.5) is 10.1 Å². The first-order chi connectivity index (χ1) is 11.8. The van der Waals surface area contributed by atoms with Crippen molar-refractivity contribution in [2.45, 2.75) is 0 Å². The van der Waals surface area contributed by atoms with E-state index in [2.05, 4.69) is 10.5 Å². The number of anilines is 1. The summed E-state index contributed by atoms with van der Waals surface area (Å²) in [7, 11) is -3.85. The first-order valence-electron chi connectivity index (χ1n) is 7.07. The van der Waals surface area contributed by atoms with Gasteiger partial charge in [-0.3, -0.25) is 9.10 Å². The molecule has 0 radical (unpaired) electrons. The lowest BCUT2D eigenvalue weighted by molar-refractivity contribution is -0.119. The number of hydrazone groups is 1. The summed E-state index contributed by atoms with van der Waals surface area (Å²) in [6.07, 6.45) is 2.27. The van der Waals surface area contributed by atoms with Crippen LogP contribution < -0.4 is 9.73 Å². The van der Waals surface area contributed by atoms with Gasteiger partial charge in [-0.25, -0.2) is 18.2 Å². The molecule has 0 saturated carbocycles. The fourth-order valence-corrected chi connectivity index (χ4v) is 2.91. The maximum Gasteiger partial charge on any atom is 0.260 e. The van der Waals surface area contributed by atoms with E-state index in [1.165, 1.54) is 24.4 Å². The maximum atomic E-state index is 13.8. The Morgan fingerprint density at radius 3 is 2.48 bits per heavy atom. The number of para-hydroxylation sites is 1. The third-order valence-electron chi connectivity index (χ3n) is 3.08. The van der Waals surface area contributed by atoms with Crippen molar-refractivity contribution in [3.8, 4) is 0 Å². The number of sulfonamides is 1. The predicted molar refractivity (Wildman–Crippen MR) is 95.8 cm³/mol. The SMILES string of the molecule is CS(=O)(=O)N(CC(=O)N/N=C\c1ccc(Cl)cc1)c1ccccc1F. The average molecular weight is 384 g/mol. The normalized spacial score (nSPS) is 11.5. The zero-order valence-corrected chi connectivity index (χ0v) is 14.8. The highest BCUT2D eigenvalue weighted by molar-refractivity contribution is 7.92. The maximum absolute atomic E-state index is 13.8. The van der Waals surface area contributed by atoms with Crippen molar-refractivity contribution in [1.29, 1.82) is 0 Å². The Bertz CT molecular complexity index is 886. The van der Waals surface area contributed by atoms with Crippen molar-refractivity contribution in [2.75, 3.05) is 17.1 Å². The summed E-state index contributed by atoms with van der Waals surface area (Å²) in [5.74, 6) is -1.45. The molecule has 2 aromatic carbocycles. The van der Waals surface area contributed by atoms with E-state index in [1.54, 1.807) is 24.3 Å². The van der Waals surface area contributed by atoms with E-state index in [0.29, 0.717) is 14.9 Å². The molecule has 0 aliphatic carbocycles. The number of carbonyl (C=O) groups is 1. The second-order valence-corrected chi connectivity index (χ2v) is 7.41. The van der Waals surface area contributed by atoms with Crippen LogP contribution in [0.1, 0.15) is 5.56 Å². The molecule has 0 bridgehead atoms. The minimum Gasteiger partial charge on any atom is -0.271 e. The zero-order valence-electron chi connectivity index (χ0n) is 13.2. The summed E-state index contributed by atoms with van der Waals surface area (Å²) in [6.45, 7) is -0.599. The van der Waals surface area contributed by atoms with Crippen LogP contribution in [0.5, 0.6) is 0 Å². The summed E-state index contributed by atoms with van der Waals surface area (Å²) in [5, 5.41) is 4.30. The van der Waals surface area contributed by atoms with E-state index in [-0.39, 0.29) is 5.69 Å². The third-order valence-corrected chi connectivity index (χ3v) is 4.46. The third kappa shape index (κ3) is 5.54. The molecule has 0 heterocycles. The number of rotatable bonds is 6. The van der Waals surface area contributed by atoms with Gasteiger partial charge >= 0.3 is 0 Å². The topological polar surface area (TPSA) is 78.8 Å². The van der Waals surface area contributed by atoms with Crippen LogP contribution in [-0.4, -0.2) is 33.3 Å². The second-order valence-electron chi connectivity index (χ2n) is 5.07. The minimum atomic E-state index is -3.85. The quantitative estimate of drug-likeness (QED) is 0.614. The lowest BCUT2D eigenvalue weighted by Crippen LogP contribution is -2.39. The van der Waals surface area contributed by atoms with Gasteiger partial charge in [-0.1, -0.05) is 35.9 Å². The smallest absolute Gasteiger partial charge is 0.260 e. The van der Waals surface area contributed by atoms with Crippen molar-refractivity contribution in [1.82, 2.24) is 5.43 Å². The van der Waals surface area contributed by atoms with Gasteiger partial charge in [-0.15, -0.1) is 0 Å². The van der Waals surface area contributed by atoms with Crippen molar-refractivity contribution in [3.63, 3.8) is 0 Å². The predicted octanol–water partition coefficient (Wildman–Crippen LogP) is 2.40. The van der Waals surface area contributed by atoms with Crippen molar-refractivity contribution in [3.05, 3.63) is 64.9 Å². The van der Waals surface area contributed by atoms with Crippen molar-refractivity contribution < 1.29 is 17.6 Å². The molecule has 0 aliphatic rings. The number of amides is 1. The van der Waals surface area contributed by atoms with E-state index in [0.717, 1.165) is 12.3 Å². The molecule has 6 nitrogen and oxygen atoms in total. The first-order valence-corrected chi connectivity index (χ1v) is 9.30. The molecule has 1 amide bonds. The lowest BCUT2D eigenvalue weighted by Gasteiger charge is -2.21. The number of nitrogens with zero attached hydrogens (tertiary/aromatic N) is 2.